The molecule has 0 spiro atoms. The predicted molar refractivity (Wildman–Crippen MR) is 109 cm³/mol. The largest absolute Gasteiger partial charge is 0.0871 e. The van der Waals surface area contributed by atoms with Crippen molar-refractivity contribution in [1.29, 1.82) is 0 Å². The molecule has 1 aromatic rings. The second kappa shape index (κ2) is 5.69. The highest BCUT2D eigenvalue weighted by Gasteiger charge is 2.63. The van der Waals surface area contributed by atoms with Crippen molar-refractivity contribution in [2.45, 2.75) is 37.5 Å². The van der Waals surface area contributed by atoms with Crippen LogP contribution >= 0.6 is 46.4 Å². The van der Waals surface area contributed by atoms with Crippen LogP contribution < -0.4 is 0 Å². The second-order valence-electron chi connectivity index (χ2n) is 8.85. The zero-order chi connectivity index (χ0) is 17.7. The quantitative estimate of drug-likeness (QED) is 0.402. The van der Waals surface area contributed by atoms with Gasteiger partial charge in [-0.15, -0.1) is 0 Å². The Morgan fingerprint density at radius 3 is 1.46 bits per heavy atom. The fourth-order valence-corrected chi connectivity index (χ4v) is 9.03. The Hall–Kier alpha value is -0.140. The molecule has 26 heavy (non-hydrogen) atoms. The normalized spacial score (nSPS) is 45.5. The van der Waals surface area contributed by atoms with E-state index in [0.29, 0.717) is 33.7 Å². The van der Waals surface area contributed by atoms with Gasteiger partial charge in [0.1, 0.15) is 0 Å². The van der Waals surface area contributed by atoms with E-state index in [-0.39, 0.29) is 11.8 Å². The fourth-order valence-electron chi connectivity index (χ4n) is 7.69. The van der Waals surface area contributed by atoms with E-state index in [1.54, 1.807) is 11.1 Å². The van der Waals surface area contributed by atoms with Gasteiger partial charge in [0.25, 0.3) is 0 Å². The van der Waals surface area contributed by atoms with Gasteiger partial charge in [-0.25, -0.2) is 0 Å². The topological polar surface area (TPSA) is 0 Å². The summed E-state index contributed by atoms with van der Waals surface area (Å²) in [5.74, 6) is 4.51. The van der Waals surface area contributed by atoms with E-state index in [2.05, 4.69) is 24.3 Å². The van der Waals surface area contributed by atoms with Gasteiger partial charge in [-0.2, -0.15) is 0 Å². The molecular weight excluding hydrogens is 406 g/mol. The lowest BCUT2D eigenvalue weighted by atomic mass is 9.39. The molecule has 0 amide bonds. The van der Waals surface area contributed by atoms with Crippen LogP contribution in [0.5, 0.6) is 0 Å². The van der Waals surface area contributed by atoms with Crippen LogP contribution in [0.15, 0.2) is 44.4 Å². The van der Waals surface area contributed by atoms with Crippen LogP contribution in [0, 0.1) is 35.5 Å². The standard InChI is InChI=1S/C22H20Cl4/c23-19-17-13-7-8-14(18(17)20(24)22(26)21(19)25)16-12-6-5-11(15(13)16)9-3-1-2-4-10(9)12/h1-4,11-18H,5-8H2. The average Bonchev–Trinajstić information content (AvgIpc) is 2.70. The van der Waals surface area contributed by atoms with E-state index in [4.69, 9.17) is 46.4 Å². The molecule has 8 rings (SSSR count). The minimum Gasteiger partial charge on any atom is -0.0871 e. The molecule has 0 nitrogen and oxygen atoms in total. The Morgan fingerprint density at radius 2 is 1.04 bits per heavy atom. The van der Waals surface area contributed by atoms with Gasteiger partial charge in [-0.3, -0.25) is 0 Å². The summed E-state index contributed by atoms with van der Waals surface area (Å²) in [5, 5.41) is 2.53. The van der Waals surface area contributed by atoms with Gasteiger partial charge >= 0.3 is 0 Å². The summed E-state index contributed by atoms with van der Waals surface area (Å²) in [6.45, 7) is 0. The smallest absolute Gasteiger partial charge is 0.0752 e. The van der Waals surface area contributed by atoms with Crippen LogP contribution in [-0.2, 0) is 0 Å². The molecular formula is C22H20Cl4. The van der Waals surface area contributed by atoms with E-state index in [0.717, 1.165) is 21.9 Å². The van der Waals surface area contributed by atoms with Gasteiger partial charge in [0, 0.05) is 21.9 Å². The molecule has 0 saturated heterocycles. The molecule has 4 heteroatoms. The minimum absolute atomic E-state index is 0.269. The molecule has 136 valence electrons. The lowest BCUT2D eigenvalue weighted by molar-refractivity contribution is -0.0927. The van der Waals surface area contributed by atoms with Crippen molar-refractivity contribution < 1.29 is 0 Å². The van der Waals surface area contributed by atoms with Crippen molar-refractivity contribution in [3.8, 4) is 0 Å². The molecule has 8 unspecified atom stereocenters. The summed E-state index contributed by atoms with van der Waals surface area (Å²) in [6, 6.07) is 9.17. The molecule has 4 saturated carbocycles. The Bertz CT molecular complexity index is 798. The number of fused-ring (bicyclic) bond motifs is 2. The highest BCUT2D eigenvalue weighted by Crippen LogP contribution is 2.72. The van der Waals surface area contributed by atoms with Crippen molar-refractivity contribution in [3.05, 3.63) is 55.5 Å². The summed E-state index contributed by atoms with van der Waals surface area (Å²) in [5.41, 5.74) is 3.21. The Labute approximate surface area is 174 Å². The van der Waals surface area contributed by atoms with Crippen molar-refractivity contribution >= 4 is 46.4 Å². The zero-order valence-corrected chi connectivity index (χ0v) is 17.3. The van der Waals surface area contributed by atoms with E-state index < -0.39 is 0 Å². The first-order valence-corrected chi connectivity index (χ1v) is 11.3. The van der Waals surface area contributed by atoms with E-state index in [9.17, 15) is 0 Å². The van der Waals surface area contributed by atoms with Crippen LogP contribution in [0.2, 0.25) is 0 Å². The monoisotopic (exact) mass is 424 g/mol. The lowest BCUT2D eigenvalue weighted by Crippen LogP contribution is -2.58. The van der Waals surface area contributed by atoms with Crippen LogP contribution in [-0.4, -0.2) is 0 Å². The van der Waals surface area contributed by atoms with E-state index >= 15 is 0 Å². The number of allylic oxidation sites excluding steroid dienone is 4. The maximum atomic E-state index is 6.80. The number of rotatable bonds is 0. The Morgan fingerprint density at radius 1 is 0.615 bits per heavy atom. The van der Waals surface area contributed by atoms with Crippen molar-refractivity contribution in [1.82, 2.24) is 0 Å². The maximum absolute atomic E-state index is 6.80. The molecule has 0 heterocycles. The first-order chi connectivity index (χ1) is 12.6. The van der Waals surface area contributed by atoms with Crippen molar-refractivity contribution in [2.24, 2.45) is 35.5 Å². The molecule has 4 bridgehead atoms. The number of benzene rings is 1. The van der Waals surface area contributed by atoms with Gasteiger partial charge in [0.05, 0.1) is 10.1 Å². The fraction of sp³-hybridized carbons (Fsp3) is 0.545. The molecule has 0 radical (unpaired) electrons. The first-order valence-electron chi connectivity index (χ1n) is 9.79. The number of hydrogen-bond donors (Lipinski definition) is 0. The minimum atomic E-state index is 0.269. The number of hydrogen-bond acceptors (Lipinski definition) is 0. The third kappa shape index (κ3) is 1.91. The van der Waals surface area contributed by atoms with Crippen molar-refractivity contribution in [3.63, 3.8) is 0 Å². The third-order valence-corrected chi connectivity index (χ3v) is 10.2. The third-order valence-electron chi connectivity index (χ3n) is 8.29. The average molecular weight is 426 g/mol. The zero-order valence-electron chi connectivity index (χ0n) is 14.3. The summed E-state index contributed by atoms with van der Waals surface area (Å²) >= 11 is 26.6. The first kappa shape index (κ1) is 16.8. The Balaban J connectivity index is 1.54. The van der Waals surface area contributed by atoms with Gasteiger partial charge in [0.15, 0.2) is 0 Å². The maximum Gasteiger partial charge on any atom is 0.0752 e. The highest BCUT2D eigenvalue weighted by atomic mass is 35.5. The molecule has 0 N–H and O–H groups in total. The van der Waals surface area contributed by atoms with Crippen LogP contribution in [0.25, 0.3) is 0 Å². The SMILES string of the molecule is ClC1=C(Cl)C2C3CCC(C2C(Cl)=C1Cl)C1C2CCC(c4ccccc42)C31. The predicted octanol–water partition coefficient (Wildman–Crippen LogP) is 7.56. The van der Waals surface area contributed by atoms with Gasteiger partial charge in [-0.1, -0.05) is 70.7 Å². The summed E-state index contributed by atoms with van der Waals surface area (Å²) in [4.78, 5) is 0. The lowest BCUT2D eigenvalue weighted by Gasteiger charge is -2.65. The van der Waals surface area contributed by atoms with Crippen molar-refractivity contribution in [2.75, 3.05) is 0 Å². The van der Waals surface area contributed by atoms with Gasteiger partial charge in [0.2, 0.25) is 0 Å². The molecule has 7 aliphatic carbocycles. The number of halogens is 4. The Kier molecular flexibility index (Phi) is 3.67. The van der Waals surface area contributed by atoms with E-state index in [1.807, 2.05) is 0 Å². The molecule has 7 aliphatic rings. The van der Waals surface area contributed by atoms with Crippen LogP contribution in [0.4, 0.5) is 0 Å². The summed E-state index contributed by atoms with van der Waals surface area (Å²) in [6.07, 6.45) is 5.15. The molecule has 8 atom stereocenters. The molecule has 0 aromatic heterocycles. The van der Waals surface area contributed by atoms with Gasteiger partial charge in [-0.05, 0) is 72.3 Å². The highest BCUT2D eigenvalue weighted by molar-refractivity contribution is 6.51. The van der Waals surface area contributed by atoms with E-state index in [1.165, 1.54) is 25.7 Å². The molecule has 1 aromatic carbocycles. The van der Waals surface area contributed by atoms with Gasteiger partial charge < -0.3 is 0 Å². The summed E-state index contributed by atoms with van der Waals surface area (Å²) in [7, 11) is 0. The van der Waals surface area contributed by atoms with Crippen LogP contribution in [0.1, 0.15) is 48.6 Å². The summed E-state index contributed by atoms with van der Waals surface area (Å²) < 4.78 is 0. The van der Waals surface area contributed by atoms with Crippen LogP contribution in [0.3, 0.4) is 0 Å². The second-order valence-corrected chi connectivity index (χ2v) is 10.4. The molecule has 0 aliphatic heterocycles. The molecule has 4 fully saturated rings.